The quantitative estimate of drug-likeness (QED) is 0.874. The summed E-state index contributed by atoms with van der Waals surface area (Å²) in [5.41, 5.74) is 10.7. The van der Waals surface area contributed by atoms with Gasteiger partial charge < -0.3 is 11.1 Å². The van der Waals surface area contributed by atoms with Crippen LogP contribution in [0.5, 0.6) is 0 Å². The summed E-state index contributed by atoms with van der Waals surface area (Å²) in [5.74, 6) is 0. The number of allylic oxidation sites excluding steroid dienone is 2. The maximum Gasteiger partial charge on any atom is 0.0384 e. The van der Waals surface area contributed by atoms with Crippen molar-refractivity contribution in [2.75, 3.05) is 5.32 Å². The SMILES string of the molecule is NC1C=CC=C(c2ccc(Nc3ccccc3)cc2)C1. The molecule has 2 aromatic carbocycles. The summed E-state index contributed by atoms with van der Waals surface area (Å²) in [6.07, 6.45) is 7.12. The lowest BCUT2D eigenvalue weighted by Gasteiger charge is -2.15. The summed E-state index contributed by atoms with van der Waals surface area (Å²) in [6.45, 7) is 0. The van der Waals surface area contributed by atoms with Gasteiger partial charge in [0.2, 0.25) is 0 Å². The van der Waals surface area contributed by atoms with Crippen LogP contribution in [0.15, 0.2) is 72.8 Å². The fraction of sp³-hybridized carbons (Fsp3) is 0.111. The van der Waals surface area contributed by atoms with E-state index < -0.39 is 0 Å². The van der Waals surface area contributed by atoms with Gasteiger partial charge in [0, 0.05) is 17.4 Å². The third-order valence-electron chi connectivity index (χ3n) is 3.43. The lowest BCUT2D eigenvalue weighted by Crippen LogP contribution is -2.18. The zero-order valence-electron chi connectivity index (χ0n) is 11.3. The van der Waals surface area contributed by atoms with Crippen molar-refractivity contribution in [1.29, 1.82) is 0 Å². The average Bonchev–Trinajstić information content (AvgIpc) is 2.49. The van der Waals surface area contributed by atoms with Crippen LogP contribution >= 0.6 is 0 Å². The van der Waals surface area contributed by atoms with Crippen LogP contribution in [0.2, 0.25) is 0 Å². The van der Waals surface area contributed by atoms with Gasteiger partial charge in [0.15, 0.2) is 0 Å². The van der Waals surface area contributed by atoms with Crippen molar-refractivity contribution in [2.24, 2.45) is 5.73 Å². The molecule has 0 radical (unpaired) electrons. The van der Waals surface area contributed by atoms with Gasteiger partial charge in [0.25, 0.3) is 0 Å². The monoisotopic (exact) mass is 262 g/mol. The Balaban J connectivity index is 1.75. The number of para-hydroxylation sites is 1. The van der Waals surface area contributed by atoms with Crippen molar-refractivity contribution in [3.63, 3.8) is 0 Å². The second kappa shape index (κ2) is 5.76. The third kappa shape index (κ3) is 2.98. The molecule has 1 aliphatic carbocycles. The highest BCUT2D eigenvalue weighted by atomic mass is 14.9. The van der Waals surface area contributed by atoms with Crippen LogP contribution in [0, 0.1) is 0 Å². The molecule has 0 spiro atoms. The molecule has 1 aliphatic rings. The summed E-state index contributed by atoms with van der Waals surface area (Å²) in [5, 5.41) is 3.38. The molecule has 0 aromatic heterocycles. The molecule has 1 atom stereocenters. The predicted octanol–water partition coefficient (Wildman–Crippen LogP) is 4.10. The smallest absolute Gasteiger partial charge is 0.0384 e. The van der Waals surface area contributed by atoms with Crippen LogP contribution in [0.1, 0.15) is 12.0 Å². The number of hydrogen-bond acceptors (Lipinski definition) is 2. The highest BCUT2D eigenvalue weighted by molar-refractivity contribution is 5.71. The first-order valence-corrected chi connectivity index (χ1v) is 6.87. The van der Waals surface area contributed by atoms with E-state index in [2.05, 4.69) is 47.8 Å². The maximum absolute atomic E-state index is 5.95. The number of rotatable bonds is 3. The lowest BCUT2D eigenvalue weighted by molar-refractivity contribution is 0.838. The van der Waals surface area contributed by atoms with E-state index in [9.17, 15) is 0 Å². The standard InChI is InChI=1S/C18H18N2/c19-16-6-4-5-15(13-16)14-9-11-18(12-10-14)20-17-7-2-1-3-8-17/h1-12,16,20H,13,19H2. The number of benzene rings is 2. The molecule has 3 N–H and O–H groups in total. The Kier molecular flexibility index (Phi) is 3.66. The molecule has 1 unspecified atom stereocenters. The van der Waals surface area contributed by atoms with Gasteiger partial charge in [0.05, 0.1) is 0 Å². The van der Waals surface area contributed by atoms with Gasteiger partial charge in [0.1, 0.15) is 0 Å². The Morgan fingerprint density at radius 2 is 1.60 bits per heavy atom. The molecule has 0 aliphatic heterocycles. The third-order valence-corrected chi connectivity index (χ3v) is 3.43. The molecule has 2 aromatic rings. The van der Waals surface area contributed by atoms with Gasteiger partial charge in [-0.25, -0.2) is 0 Å². The Bertz CT molecular complexity index is 624. The second-order valence-electron chi connectivity index (χ2n) is 5.01. The minimum absolute atomic E-state index is 0.136. The van der Waals surface area contributed by atoms with E-state index in [1.165, 1.54) is 11.1 Å². The van der Waals surface area contributed by atoms with Gasteiger partial charge in [-0.3, -0.25) is 0 Å². The van der Waals surface area contributed by atoms with Gasteiger partial charge in [-0.2, -0.15) is 0 Å². The Morgan fingerprint density at radius 3 is 2.30 bits per heavy atom. The zero-order chi connectivity index (χ0) is 13.8. The fourth-order valence-electron chi connectivity index (χ4n) is 2.37. The Hall–Kier alpha value is -2.32. The van der Waals surface area contributed by atoms with Crippen LogP contribution in [-0.4, -0.2) is 6.04 Å². The molecular formula is C18H18N2. The summed E-state index contributed by atoms with van der Waals surface area (Å²) in [6, 6.07) is 18.8. The second-order valence-corrected chi connectivity index (χ2v) is 5.01. The van der Waals surface area contributed by atoms with E-state index in [0.717, 1.165) is 17.8 Å². The van der Waals surface area contributed by atoms with Crippen molar-refractivity contribution in [3.8, 4) is 0 Å². The molecule has 2 nitrogen and oxygen atoms in total. The fourth-order valence-corrected chi connectivity index (χ4v) is 2.37. The average molecular weight is 262 g/mol. The van der Waals surface area contributed by atoms with Crippen molar-refractivity contribution in [3.05, 3.63) is 78.4 Å². The molecule has 0 fully saturated rings. The molecule has 0 heterocycles. The van der Waals surface area contributed by atoms with Gasteiger partial charge in [-0.1, -0.05) is 48.6 Å². The van der Waals surface area contributed by atoms with Crippen molar-refractivity contribution >= 4 is 16.9 Å². The minimum atomic E-state index is 0.136. The summed E-state index contributed by atoms with van der Waals surface area (Å²) in [4.78, 5) is 0. The molecule has 0 saturated heterocycles. The first kappa shape index (κ1) is 12.7. The van der Waals surface area contributed by atoms with E-state index in [0.29, 0.717) is 0 Å². The van der Waals surface area contributed by atoms with Crippen LogP contribution in [0.3, 0.4) is 0 Å². The van der Waals surface area contributed by atoms with E-state index in [4.69, 9.17) is 5.73 Å². The highest BCUT2D eigenvalue weighted by Gasteiger charge is 2.08. The number of anilines is 2. The molecule has 0 bridgehead atoms. The first-order valence-electron chi connectivity index (χ1n) is 6.87. The number of nitrogens with one attached hydrogen (secondary N) is 1. The zero-order valence-corrected chi connectivity index (χ0v) is 11.3. The van der Waals surface area contributed by atoms with Crippen LogP contribution < -0.4 is 11.1 Å². The molecule has 20 heavy (non-hydrogen) atoms. The summed E-state index contributed by atoms with van der Waals surface area (Å²) in [7, 11) is 0. The van der Waals surface area contributed by atoms with Crippen molar-refractivity contribution in [2.45, 2.75) is 12.5 Å². The topological polar surface area (TPSA) is 38.0 Å². The van der Waals surface area contributed by atoms with Crippen molar-refractivity contribution < 1.29 is 0 Å². The Morgan fingerprint density at radius 1 is 0.900 bits per heavy atom. The van der Waals surface area contributed by atoms with Crippen LogP contribution in [0.4, 0.5) is 11.4 Å². The molecule has 0 saturated carbocycles. The maximum atomic E-state index is 5.95. The van der Waals surface area contributed by atoms with E-state index in [1.54, 1.807) is 0 Å². The summed E-state index contributed by atoms with van der Waals surface area (Å²) >= 11 is 0. The normalized spacial score (nSPS) is 17.6. The molecular weight excluding hydrogens is 244 g/mol. The van der Waals surface area contributed by atoms with E-state index in [1.807, 2.05) is 30.4 Å². The molecule has 2 heteroatoms. The first-order chi connectivity index (χ1) is 9.81. The highest BCUT2D eigenvalue weighted by Crippen LogP contribution is 2.25. The van der Waals surface area contributed by atoms with Gasteiger partial charge >= 0.3 is 0 Å². The van der Waals surface area contributed by atoms with Gasteiger partial charge in [-0.05, 0) is 41.8 Å². The largest absolute Gasteiger partial charge is 0.356 e. The molecule has 100 valence electrons. The van der Waals surface area contributed by atoms with Crippen molar-refractivity contribution in [1.82, 2.24) is 0 Å². The lowest BCUT2D eigenvalue weighted by atomic mass is 9.95. The minimum Gasteiger partial charge on any atom is -0.356 e. The van der Waals surface area contributed by atoms with Gasteiger partial charge in [-0.15, -0.1) is 0 Å². The predicted molar refractivity (Wildman–Crippen MR) is 85.9 cm³/mol. The molecule has 3 rings (SSSR count). The van der Waals surface area contributed by atoms with Crippen LogP contribution in [0.25, 0.3) is 5.57 Å². The number of hydrogen-bond donors (Lipinski definition) is 2. The van der Waals surface area contributed by atoms with E-state index in [-0.39, 0.29) is 6.04 Å². The van der Waals surface area contributed by atoms with E-state index >= 15 is 0 Å². The number of nitrogens with two attached hydrogens (primary N) is 1. The summed E-state index contributed by atoms with van der Waals surface area (Å²) < 4.78 is 0. The van der Waals surface area contributed by atoms with Crippen LogP contribution in [-0.2, 0) is 0 Å². The Labute approximate surface area is 119 Å². The molecule has 0 amide bonds.